The molecule has 13 heteroatoms. The molecule has 12 nitrogen and oxygen atoms in total. The molecule has 296 valence electrons. The van der Waals surface area contributed by atoms with Gasteiger partial charge in [-0.25, -0.2) is 13.2 Å². The van der Waals surface area contributed by atoms with Crippen LogP contribution < -0.4 is 21.3 Å². The van der Waals surface area contributed by atoms with E-state index in [-0.39, 0.29) is 41.4 Å². The van der Waals surface area contributed by atoms with Crippen LogP contribution in [-0.2, 0) is 29.0 Å². The molecule has 0 aromatic carbocycles. The van der Waals surface area contributed by atoms with E-state index in [1.54, 1.807) is 18.7 Å². The van der Waals surface area contributed by atoms with Crippen molar-refractivity contribution in [3.05, 3.63) is 0 Å². The normalized spacial score (nSPS) is 26.9. The van der Waals surface area contributed by atoms with Gasteiger partial charge in [0.25, 0.3) is 5.91 Å². The highest BCUT2D eigenvalue weighted by molar-refractivity contribution is 7.92. The Kier molecular flexibility index (Phi) is 12.0. The number of nitrogens with zero attached hydrogens (tertiary/aromatic N) is 1. The van der Waals surface area contributed by atoms with Crippen LogP contribution in [0.1, 0.15) is 131 Å². The van der Waals surface area contributed by atoms with Gasteiger partial charge in [-0.3, -0.25) is 19.2 Å². The minimum absolute atomic E-state index is 0.0602. The van der Waals surface area contributed by atoms with E-state index in [2.05, 4.69) is 41.0 Å². The molecule has 0 radical (unpaired) electrons. The zero-order valence-electron chi connectivity index (χ0n) is 32.8. The summed E-state index contributed by atoms with van der Waals surface area (Å²) < 4.78 is 26.4. The zero-order valence-corrected chi connectivity index (χ0v) is 33.6. The van der Waals surface area contributed by atoms with Crippen molar-refractivity contribution >= 4 is 39.4 Å². The van der Waals surface area contributed by atoms with E-state index >= 15 is 0 Å². The highest BCUT2D eigenvalue weighted by atomic mass is 32.2. The van der Waals surface area contributed by atoms with Gasteiger partial charge in [0.05, 0.1) is 28.6 Å². The summed E-state index contributed by atoms with van der Waals surface area (Å²) in [6.07, 6.45) is 15.7. The Bertz CT molecular complexity index is 1580. The number of urea groups is 1. The molecular formula is C40H63N5O7S. The van der Waals surface area contributed by atoms with Crippen molar-refractivity contribution in [2.75, 3.05) is 18.8 Å². The van der Waals surface area contributed by atoms with Crippen molar-refractivity contribution in [3.8, 4) is 12.3 Å². The number of hydrogen-bond acceptors (Lipinski definition) is 7. The van der Waals surface area contributed by atoms with Crippen LogP contribution in [0.5, 0.6) is 0 Å². The summed E-state index contributed by atoms with van der Waals surface area (Å²) in [5.41, 5.74) is -1.75. The molecule has 0 aromatic heterocycles. The molecule has 0 bridgehead atoms. The van der Waals surface area contributed by atoms with Crippen LogP contribution in [0.3, 0.4) is 0 Å². The van der Waals surface area contributed by atoms with Crippen LogP contribution in [0.2, 0.25) is 0 Å². The molecule has 1 heterocycles. The molecule has 5 rings (SSSR count). The van der Waals surface area contributed by atoms with Crippen LogP contribution in [-0.4, -0.2) is 90.1 Å². The highest BCUT2D eigenvalue weighted by Gasteiger charge is 2.70. The fraction of sp³-hybridized carbons (Fsp3) is 0.825. The van der Waals surface area contributed by atoms with Gasteiger partial charge in [-0.15, -0.1) is 6.42 Å². The fourth-order valence-electron chi connectivity index (χ4n) is 9.43. The first kappa shape index (κ1) is 41.0. The lowest BCUT2D eigenvalue weighted by Crippen LogP contribution is -2.65. The maximum absolute atomic E-state index is 14.9. The smallest absolute Gasteiger partial charge is 0.315 e. The number of terminal acetylenes is 1. The second-order valence-electron chi connectivity index (χ2n) is 18.3. The van der Waals surface area contributed by atoms with Crippen molar-refractivity contribution in [1.29, 1.82) is 0 Å². The third-order valence-electron chi connectivity index (χ3n) is 13.8. The number of Topliss-reactive ketones (excluding diaryl/α,β-unsaturated/α-hetero) is 1. The van der Waals surface area contributed by atoms with Gasteiger partial charge in [0, 0.05) is 6.54 Å². The molecule has 1 aliphatic heterocycles. The van der Waals surface area contributed by atoms with Crippen LogP contribution >= 0.6 is 0 Å². The minimum atomic E-state index is -3.58. The van der Waals surface area contributed by atoms with E-state index < -0.39 is 67.3 Å². The number of carbonyl (C=O) groups excluding carboxylic acids is 5. The summed E-state index contributed by atoms with van der Waals surface area (Å²) in [5.74, 6) is -0.158. The predicted octanol–water partition coefficient (Wildman–Crippen LogP) is 4.02. The third-order valence-corrected chi connectivity index (χ3v) is 16.7. The maximum Gasteiger partial charge on any atom is 0.315 e. The van der Waals surface area contributed by atoms with E-state index in [9.17, 15) is 32.4 Å². The van der Waals surface area contributed by atoms with Gasteiger partial charge in [0.1, 0.15) is 12.1 Å². The molecule has 53 heavy (non-hydrogen) atoms. The molecule has 0 aromatic rings. The number of likely N-dealkylation sites (tertiary alicyclic amines) is 1. The zero-order chi connectivity index (χ0) is 39.0. The molecule has 0 spiro atoms. The molecule has 4 N–H and O–H groups in total. The predicted molar refractivity (Wildman–Crippen MR) is 203 cm³/mol. The summed E-state index contributed by atoms with van der Waals surface area (Å²) in [4.78, 5) is 70.9. The van der Waals surface area contributed by atoms with Gasteiger partial charge < -0.3 is 26.2 Å². The summed E-state index contributed by atoms with van der Waals surface area (Å²) >= 11 is 0. The number of carbonyl (C=O) groups is 5. The van der Waals surface area contributed by atoms with Gasteiger partial charge in [-0.2, -0.15) is 0 Å². The Labute approximate surface area is 316 Å². The van der Waals surface area contributed by atoms with Crippen molar-refractivity contribution in [2.45, 2.75) is 160 Å². The first-order valence-electron chi connectivity index (χ1n) is 20.0. The molecule has 2 unspecified atom stereocenters. The van der Waals surface area contributed by atoms with Gasteiger partial charge in [-0.05, 0) is 81.0 Å². The largest absolute Gasteiger partial charge is 0.344 e. The Hall–Kier alpha value is -3.14. The molecule has 4 aliphatic carbocycles. The average molecular weight is 758 g/mol. The highest BCUT2D eigenvalue weighted by Crippen LogP contribution is 2.65. The van der Waals surface area contributed by atoms with Crippen LogP contribution in [0.4, 0.5) is 4.79 Å². The summed E-state index contributed by atoms with van der Waals surface area (Å²) in [5, 5.41) is 11.5. The topological polar surface area (TPSA) is 171 Å². The number of nitrogens with one attached hydrogen (secondary N) is 4. The Balaban J connectivity index is 1.40. The van der Waals surface area contributed by atoms with Crippen molar-refractivity contribution in [1.82, 2.24) is 26.2 Å². The van der Waals surface area contributed by atoms with Gasteiger partial charge in [0.15, 0.2) is 9.84 Å². The second-order valence-corrected chi connectivity index (χ2v) is 21.0. The lowest BCUT2D eigenvalue weighted by molar-refractivity contribution is -0.146. The molecular weight excluding hydrogens is 695 g/mol. The van der Waals surface area contributed by atoms with Crippen molar-refractivity contribution in [2.24, 2.45) is 28.6 Å². The first-order chi connectivity index (χ1) is 24.8. The first-order valence-corrected chi connectivity index (χ1v) is 21.6. The van der Waals surface area contributed by atoms with Crippen molar-refractivity contribution < 1.29 is 32.4 Å². The maximum atomic E-state index is 14.9. The van der Waals surface area contributed by atoms with Crippen LogP contribution in [0.15, 0.2) is 0 Å². The lowest BCUT2D eigenvalue weighted by Gasteiger charge is -2.44. The molecule has 4 saturated carbocycles. The number of piperidine rings is 1. The van der Waals surface area contributed by atoms with Gasteiger partial charge in [0.2, 0.25) is 17.6 Å². The molecule has 5 amide bonds. The third kappa shape index (κ3) is 8.73. The number of fused-ring (bicyclic) bond motifs is 1. The quantitative estimate of drug-likeness (QED) is 0.144. The SMILES string of the molecule is C#CCNC(=O)C(=O)C(CC1CC1)NC(=O)[C@@H]1C2[C@H](CN1C(=O)[C@@H](NC(=O)NC1(CS(=O)(=O)C(C)(C)CC)CCCCC1)C1(C)CCCCC1)C2(C)C. The molecule has 1 saturated heterocycles. The molecule has 5 aliphatic rings. The number of hydrogen-bond donors (Lipinski definition) is 4. The van der Waals surface area contributed by atoms with Crippen molar-refractivity contribution in [3.63, 3.8) is 0 Å². The monoisotopic (exact) mass is 757 g/mol. The average Bonchev–Trinajstić information content (AvgIpc) is 3.96. The van der Waals surface area contributed by atoms with Crippen LogP contribution in [0, 0.1) is 40.9 Å². The number of amides is 5. The molecule has 5 fully saturated rings. The molecule has 5 atom stereocenters. The number of ketones is 1. The standard InChI is InChI=1S/C40H63N5O7S/c1-8-22-41-34(48)31(46)28(23-26-16-17-26)42-33(47)30-29-27(38(29,5)6)24-45(30)35(49)32(39(7)18-12-10-13-19-39)43-36(50)44-40(20-14-11-15-21-40)25-53(51,52)37(3,4)9-2/h1,26-30,32H,9-25H2,2-7H3,(H,41,48)(H,42,47)(H2,43,44,50)/t27-,28?,29?,30-,32+/m0/s1. The number of rotatable bonds is 15. The van der Waals surface area contributed by atoms with Gasteiger partial charge in [-0.1, -0.05) is 85.0 Å². The Morgan fingerprint density at radius 3 is 2.09 bits per heavy atom. The minimum Gasteiger partial charge on any atom is -0.344 e. The Morgan fingerprint density at radius 2 is 1.53 bits per heavy atom. The lowest BCUT2D eigenvalue weighted by atomic mass is 9.70. The van der Waals surface area contributed by atoms with Crippen LogP contribution in [0.25, 0.3) is 0 Å². The number of sulfone groups is 1. The van der Waals surface area contributed by atoms with E-state index in [0.717, 1.165) is 51.4 Å². The second kappa shape index (κ2) is 15.5. The summed E-state index contributed by atoms with van der Waals surface area (Å²) in [7, 11) is -3.58. The van der Waals surface area contributed by atoms with E-state index in [1.807, 2.05) is 13.8 Å². The fourth-order valence-corrected chi connectivity index (χ4v) is 11.4. The Morgan fingerprint density at radius 1 is 0.925 bits per heavy atom. The summed E-state index contributed by atoms with van der Waals surface area (Å²) in [6.45, 7) is 11.7. The van der Waals surface area contributed by atoms with E-state index in [1.165, 1.54) is 0 Å². The van der Waals surface area contributed by atoms with E-state index in [4.69, 9.17) is 6.42 Å². The van der Waals surface area contributed by atoms with Gasteiger partial charge >= 0.3 is 6.03 Å². The van der Waals surface area contributed by atoms with E-state index in [0.29, 0.717) is 45.1 Å². The summed E-state index contributed by atoms with van der Waals surface area (Å²) in [6, 6.07) is -3.44.